The van der Waals surface area contributed by atoms with Crippen molar-refractivity contribution in [3.8, 4) is 5.69 Å². The highest BCUT2D eigenvalue weighted by Gasteiger charge is 2.31. The van der Waals surface area contributed by atoms with Crippen molar-refractivity contribution in [2.75, 3.05) is 0 Å². The normalized spacial score (nSPS) is 13.5. The maximum Gasteiger partial charge on any atom is 0.474 e. The lowest BCUT2D eigenvalue weighted by atomic mass is 9.69. The first-order valence-electron chi connectivity index (χ1n) is 7.24. The molecule has 1 aromatic heterocycles. The minimum atomic E-state index is -1.06. The summed E-state index contributed by atoms with van der Waals surface area (Å²) in [5.74, 6) is -0.304. The predicted molar refractivity (Wildman–Crippen MR) is 88.8 cm³/mol. The van der Waals surface area contributed by atoms with Gasteiger partial charge in [0, 0.05) is 12.3 Å². The van der Waals surface area contributed by atoms with E-state index in [1.165, 1.54) is 6.92 Å². The van der Waals surface area contributed by atoms with E-state index in [1.807, 2.05) is 47.3 Å². The summed E-state index contributed by atoms with van der Waals surface area (Å²) in [6.45, 7) is 1.37. The summed E-state index contributed by atoms with van der Waals surface area (Å²) in [6.07, 6.45) is 3.40. The van der Waals surface area contributed by atoms with E-state index < -0.39 is 7.05 Å². The van der Waals surface area contributed by atoms with Crippen LogP contribution in [-0.2, 0) is 4.79 Å². The lowest BCUT2D eigenvalue weighted by Crippen LogP contribution is -2.51. The average Bonchev–Trinajstić information content (AvgIpc) is 2.98. The molecular formula is C16H13BN4O2. The molecule has 23 heavy (non-hydrogen) atoms. The number of hydrazone groups is 1. The molecule has 1 amide bonds. The molecule has 2 heterocycles. The van der Waals surface area contributed by atoms with Gasteiger partial charge < -0.3 is 5.02 Å². The van der Waals surface area contributed by atoms with Gasteiger partial charge >= 0.3 is 7.05 Å². The van der Waals surface area contributed by atoms with E-state index in [2.05, 4.69) is 10.2 Å². The Labute approximate surface area is 132 Å². The predicted octanol–water partition coefficient (Wildman–Crippen LogP) is 0.909. The molecular weight excluding hydrogens is 291 g/mol. The van der Waals surface area contributed by atoms with Gasteiger partial charge in [-0.15, -0.1) is 0 Å². The van der Waals surface area contributed by atoms with Gasteiger partial charge in [0.05, 0.1) is 23.6 Å². The third-order valence-corrected chi connectivity index (χ3v) is 3.95. The molecule has 4 rings (SSSR count). The van der Waals surface area contributed by atoms with Crippen LogP contribution in [0.5, 0.6) is 0 Å². The summed E-state index contributed by atoms with van der Waals surface area (Å²) >= 11 is 0. The van der Waals surface area contributed by atoms with Gasteiger partial charge in [-0.2, -0.15) is 10.2 Å². The number of rotatable bonds is 1. The fourth-order valence-corrected chi connectivity index (χ4v) is 2.79. The molecule has 0 unspecified atom stereocenters. The van der Waals surface area contributed by atoms with Gasteiger partial charge in [0.25, 0.3) is 0 Å². The molecule has 0 atom stereocenters. The van der Waals surface area contributed by atoms with Crippen molar-refractivity contribution in [2.24, 2.45) is 5.10 Å². The number of amides is 1. The number of para-hydroxylation sites is 1. The summed E-state index contributed by atoms with van der Waals surface area (Å²) in [7, 11) is -1.06. The van der Waals surface area contributed by atoms with E-state index in [4.69, 9.17) is 0 Å². The Hall–Kier alpha value is -2.93. The summed E-state index contributed by atoms with van der Waals surface area (Å²) in [5.41, 5.74) is 3.30. The largest absolute Gasteiger partial charge is 0.474 e. The van der Waals surface area contributed by atoms with Crippen LogP contribution in [0.25, 0.3) is 16.6 Å². The Morgan fingerprint density at radius 1 is 1.22 bits per heavy atom. The van der Waals surface area contributed by atoms with E-state index in [0.29, 0.717) is 5.46 Å². The second-order valence-corrected chi connectivity index (χ2v) is 5.41. The molecule has 2 aromatic carbocycles. The fourth-order valence-electron chi connectivity index (χ4n) is 2.79. The van der Waals surface area contributed by atoms with Crippen molar-refractivity contribution in [1.29, 1.82) is 0 Å². The maximum absolute atomic E-state index is 11.5. The quantitative estimate of drug-likeness (QED) is 0.679. The first kappa shape index (κ1) is 13.7. The minimum absolute atomic E-state index is 0.304. The number of hydrogen-bond acceptors (Lipinski definition) is 4. The Kier molecular flexibility index (Phi) is 3.02. The third-order valence-electron chi connectivity index (χ3n) is 3.95. The maximum atomic E-state index is 11.5. The van der Waals surface area contributed by atoms with Crippen molar-refractivity contribution in [3.05, 3.63) is 54.2 Å². The van der Waals surface area contributed by atoms with Gasteiger partial charge in [-0.05, 0) is 29.2 Å². The molecule has 0 aliphatic carbocycles. The van der Waals surface area contributed by atoms with Crippen LogP contribution >= 0.6 is 0 Å². The third kappa shape index (κ3) is 2.13. The van der Waals surface area contributed by atoms with Crippen LogP contribution in [0.4, 0.5) is 0 Å². The molecule has 1 aliphatic rings. The van der Waals surface area contributed by atoms with E-state index >= 15 is 0 Å². The first-order valence-corrected chi connectivity index (χ1v) is 7.24. The number of carbonyl (C=O) groups is 1. The van der Waals surface area contributed by atoms with Crippen LogP contribution in [-0.4, -0.2) is 38.9 Å². The van der Waals surface area contributed by atoms with Gasteiger partial charge in [0.2, 0.25) is 5.91 Å². The minimum Gasteiger partial charge on any atom is -0.427 e. The highest BCUT2D eigenvalue weighted by atomic mass is 16.2. The molecule has 7 heteroatoms. The van der Waals surface area contributed by atoms with Crippen molar-refractivity contribution in [1.82, 2.24) is 14.7 Å². The molecule has 0 saturated carbocycles. The van der Waals surface area contributed by atoms with Crippen LogP contribution < -0.4 is 5.46 Å². The summed E-state index contributed by atoms with van der Waals surface area (Å²) in [6, 6.07) is 13.5. The van der Waals surface area contributed by atoms with Crippen LogP contribution in [0.3, 0.4) is 0 Å². The summed E-state index contributed by atoms with van der Waals surface area (Å²) in [5, 5.41) is 19.7. The zero-order valence-electron chi connectivity index (χ0n) is 12.4. The SMILES string of the molecule is CC(=O)N1N=Cc2cc(-n3ncc4ccccc43)ccc2B1O. The number of hydrogen-bond donors (Lipinski definition) is 1. The van der Waals surface area contributed by atoms with Crippen LogP contribution in [0, 0.1) is 0 Å². The molecule has 3 aromatic rings. The van der Waals surface area contributed by atoms with Crippen molar-refractivity contribution >= 4 is 35.5 Å². The second kappa shape index (κ2) is 5.07. The van der Waals surface area contributed by atoms with Crippen molar-refractivity contribution < 1.29 is 9.82 Å². The van der Waals surface area contributed by atoms with E-state index in [0.717, 1.165) is 27.1 Å². The molecule has 0 spiro atoms. The van der Waals surface area contributed by atoms with Crippen LogP contribution in [0.1, 0.15) is 12.5 Å². The summed E-state index contributed by atoms with van der Waals surface area (Å²) in [4.78, 5) is 12.5. The lowest BCUT2D eigenvalue weighted by Gasteiger charge is -2.24. The lowest BCUT2D eigenvalue weighted by molar-refractivity contribution is -0.125. The zero-order valence-corrected chi connectivity index (χ0v) is 12.4. The highest BCUT2D eigenvalue weighted by Crippen LogP contribution is 2.19. The van der Waals surface area contributed by atoms with E-state index in [-0.39, 0.29) is 5.91 Å². The van der Waals surface area contributed by atoms with E-state index in [1.54, 1.807) is 12.3 Å². The van der Waals surface area contributed by atoms with Gasteiger partial charge in [-0.3, -0.25) is 4.79 Å². The number of carbonyl (C=O) groups excluding carboxylic acids is 1. The Bertz CT molecular complexity index is 950. The monoisotopic (exact) mass is 304 g/mol. The van der Waals surface area contributed by atoms with Gasteiger partial charge in [0.1, 0.15) is 0 Å². The highest BCUT2D eigenvalue weighted by molar-refractivity contribution is 6.67. The van der Waals surface area contributed by atoms with Crippen molar-refractivity contribution in [3.63, 3.8) is 0 Å². The first-order chi connectivity index (χ1) is 11.1. The average molecular weight is 304 g/mol. The molecule has 0 fully saturated rings. The Balaban J connectivity index is 1.81. The molecule has 112 valence electrons. The Morgan fingerprint density at radius 3 is 2.87 bits per heavy atom. The molecule has 6 nitrogen and oxygen atoms in total. The topological polar surface area (TPSA) is 70.7 Å². The zero-order chi connectivity index (χ0) is 16.0. The van der Waals surface area contributed by atoms with Gasteiger partial charge in [-0.1, -0.05) is 24.3 Å². The van der Waals surface area contributed by atoms with E-state index in [9.17, 15) is 9.82 Å². The molecule has 0 saturated heterocycles. The second-order valence-electron chi connectivity index (χ2n) is 5.41. The number of fused-ring (bicyclic) bond motifs is 2. The van der Waals surface area contributed by atoms with Gasteiger partial charge in [-0.25, -0.2) is 9.60 Å². The van der Waals surface area contributed by atoms with Gasteiger partial charge in [0.15, 0.2) is 0 Å². The molecule has 0 bridgehead atoms. The number of aromatic nitrogens is 2. The Morgan fingerprint density at radius 2 is 2.04 bits per heavy atom. The van der Waals surface area contributed by atoms with Crippen molar-refractivity contribution in [2.45, 2.75) is 6.92 Å². The fraction of sp³-hybridized carbons (Fsp3) is 0.0625. The molecule has 1 aliphatic heterocycles. The van der Waals surface area contributed by atoms with Crippen LogP contribution in [0.2, 0.25) is 0 Å². The smallest absolute Gasteiger partial charge is 0.427 e. The van der Waals surface area contributed by atoms with Crippen LogP contribution in [0.15, 0.2) is 53.8 Å². The number of nitrogens with zero attached hydrogens (tertiary/aromatic N) is 4. The summed E-state index contributed by atoms with van der Waals surface area (Å²) < 4.78 is 1.84. The number of benzene rings is 2. The molecule has 0 radical (unpaired) electrons. The molecule has 1 N–H and O–H groups in total. The standard InChI is InChI=1S/C16H13BN4O2/c1-11(22)21-17(23)15-7-6-14(8-13(15)10-19-21)20-16-5-3-2-4-12(16)9-18-20/h2-10,23H,1H3.